The number of halogens is 2. The van der Waals surface area contributed by atoms with Gasteiger partial charge in [-0.25, -0.2) is 13.8 Å². The molecule has 0 aliphatic rings. The van der Waals surface area contributed by atoms with Gasteiger partial charge >= 0.3 is 0 Å². The van der Waals surface area contributed by atoms with Gasteiger partial charge in [0.2, 0.25) is 0 Å². The van der Waals surface area contributed by atoms with Gasteiger partial charge in [0.05, 0.1) is 0 Å². The fourth-order valence-electron chi connectivity index (χ4n) is 2.06. The number of hydrogen-bond donors (Lipinski definition) is 1. The van der Waals surface area contributed by atoms with Crippen LogP contribution in [0.1, 0.15) is 12.5 Å². The van der Waals surface area contributed by atoms with E-state index < -0.39 is 11.6 Å². The minimum absolute atomic E-state index is 0.0838. The van der Waals surface area contributed by atoms with Crippen molar-refractivity contribution in [2.45, 2.75) is 13.3 Å². The van der Waals surface area contributed by atoms with Gasteiger partial charge < -0.3 is 10.2 Å². The van der Waals surface area contributed by atoms with E-state index in [0.717, 1.165) is 12.5 Å². The highest BCUT2D eigenvalue weighted by atomic mass is 19.1. The SMILES string of the molecule is CCNc1nc(N(C)CCc2ccccc2)c(F)cc1F. The van der Waals surface area contributed by atoms with Gasteiger partial charge in [-0.3, -0.25) is 0 Å². The fourth-order valence-corrected chi connectivity index (χ4v) is 2.06. The zero-order valence-electron chi connectivity index (χ0n) is 12.2. The van der Waals surface area contributed by atoms with Crippen LogP contribution in [0, 0.1) is 11.6 Å². The van der Waals surface area contributed by atoms with Crippen LogP contribution in [0.15, 0.2) is 36.4 Å². The van der Waals surface area contributed by atoms with Crippen LogP contribution in [-0.2, 0) is 6.42 Å². The van der Waals surface area contributed by atoms with Gasteiger partial charge in [0.25, 0.3) is 0 Å². The Balaban J connectivity index is 2.11. The number of anilines is 2. The fraction of sp³-hybridized carbons (Fsp3) is 0.312. The van der Waals surface area contributed by atoms with E-state index in [-0.39, 0.29) is 11.6 Å². The van der Waals surface area contributed by atoms with Crippen LogP contribution in [0.5, 0.6) is 0 Å². The van der Waals surface area contributed by atoms with Gasteiger partial charge in [0.1, 0.15) is 0 Å². The smallest absolute Gasteiger partial charge is 0.168 e. The molecule has 0 aliphatic heterocycles. The molecular weight excluding hydrogens is 272 g/mol. The first-order valence-electron chi connectivity index (χ1n) is 6.96. The highest BCUT2D eigenvalue weighted by Gasteiger charge is 2.14. The largest absolute Gasteiger partial charge is 0.368 e. The monoisotopic (exact) mass is 291 g/mol. The summed E-state index contributed by atoms with van der Waals surface area (Å²) in [5.41, 5.74) is 1.17. The summed E-state index contributed by atoms with van der Waals surface area (Å²) >= 11 is 0. The number of benzene rings is 1. The van der Waals surface area contributed by atoms with Crippen LogP contribution in [0.25, 0.3) is 0 Å². The molecule has 1 aromatic heterocycles. The normalized spacial score (nSPS) is 10.5. The predicted octanol–water partition coefficient (Wildman–Crippen LogP) is 3.47. The molecule has 0 atom stereocenters. The third-order valence-electron chi connectivity index (χ3n) is 3.20. The number of rotatable bonds is 6. The topological polar surface area (TPSA) is 28.2 Å². The van der Waals surface area contributed by atoms with Crippen molar-refractivity contribution in [1.82, 2.24) is 4.98 Å². The van der Waals surface area contributed by atoms with Gasteiger partial charge in [-0.15, -0.1) is 0 Å². The van der Waals surface area contributed by atoms with E-state index in [0.29, 0.717) is 13.1 Å². The maximum absolute atomic E-state index is 13.9. The lowest BCUT2D eigenvalue weighted by atomic mass is 10.1. The zero-order chi connectivity index (χ0) is 15.2. The summed E-state index contributed by atoms with van der Waals surface area (Å²) in [6.07, 6.45) is 0.770. The average Bonchev–Trinajstić information content (AvgIpc) is 2.49. The number of pyridine rings is 1. The zero-order valence-corrected chi connectivity index (χ0v) is 12.2. The standard InChI is InChI=1S/C16H19F2N3/c1-3-19-15-13(17)11-14(18)16(20-15)21(2)10-9-12-7-5-4-6-8-12/h4-8,11H,3,9-10H2,1-2H3,(H,19,20). The van der Waals surface area contributed by atoms with Crippen LogP contribution >= 0.6 is 0 Å². The first-order chi connectivity index (χ1) is 10.1. The lowest BCUT2D eigenvalue weighted by Crippen LogP contribution is -2.23. The number of hydrogen-bond acceptors (Lipinski definition) is 3. The number of aromatic nitrogens is 1. The predicted molar refractivity (Wildman–Crippen MR) is 81.7 cm³/mol. The molecule has 0 unspecified atom stereocenters. The minimum atomic E-state index is -0.672. The molecule has 0 saturated carbocycles. The molecule has 1 N–H and O–H groups in total. The molecule has 2 aromatic rings. The Morgan fingerprint density at radius 2 is 1.86 bits per heavy atom. The second-order valence-corrected chi connectivity index (χ2v) is 4.81. The highest BCUT2D eigenvalue weighted by Crippen LogP contribution is 2.21. The molecule has 3 nitrogen and oxygen atoms in total. The summed E-state index contributed by atoms with van der Waals surface area (Å²) < 4.78 is 27.4. The maximum atomic E-state index is 13.9. The number of nitrogens with zero attached hydrogens (tertiary/aromatic N) is 2. The Kier molecular flexibility index (Phi) is 5.09. The third-order valence-corrected chi connectivity index (χ3v) is 3.20. The van der Waals surface area contributed by atoms with Crippen molar-refractivity contribution in [2.24, 2.45) is 0 Å². The lowest BCUT2D eigenvalue weighted by molar-refractivity contribution is 0.572. The van der Waals surface area contributed by atoms with Gasteiger partial charge in [-0.2, -0.15) is 0 Å². The molecule has 2 rings (SSSR count). The van der Waals surface area contributed by atoms with Crippen LogP contribution in [0.4, 0.5) is 20.4 Å². The summed E-state index contributed by atoms with van der Waals surface area (Å²) in [5, 5.41) is 2.79. The van der Waals surface area contributed by atoms with Gasteiger partial charge in [-0.1, -0.05) is 30.3 Å². The summed E-state index contributed by atoms with van der Waals surface area (Å²) in [4.78, 5) is 5.74. The maximum Gasteiger partial charge on any atom is 0.168 e. The molecule has 112 valence electrons. The summed E-state index contributed by atoms with van der Waals surface area (Å²) in [5.74, 6) is -1.08. The van der Waals surface area contributed by atoms with E-state index in [1.54, 1.807) is 11.9 Å². The van der Waals surface area contributed by atoms with E-state index in [2.05, 4.69) is 10.3 Å². The second kappa shape index (κ2) is 7.02. The van der Waals surface area contributed by atoms with Crippen molar-refractivity contribution in [3.8, 4) is 0 Å². The molecule has 0 radical (unpaired) electrons. The number of likely N-dealkylation sites (N-methyl/N-ethyl adjacent to an activating group) is 1. The molecular formula is C16H19F2N3. The minimum Gasteiger partial charge on any atom is -0.368 e. The van der Waals surface area contributed by atoms with Gasteiger partial charge in [0, 0.05) is 26.2 Å². The van der Waals surface area contributed by atoms with Gasteiger partial charge in [-0.05, 0) is 18.9 Å². The molecule has 0 aliphatic carbocycles. The first-order valence-corrected chi connectivity index (χ1v) is 6.96. The molecule has 1 heterocycles. The Morgan fingerprint density at radius 3 is 2.52 bits per heavy atom. The van der Waals surface area contributed by atoms with E-state index in [1.807, 2.05) is 37.3 Å². The van der Waals surface area contributed by atoms with Crippen LogP contribution in [0.3, 0.4) is 0 Å². The Bertz CT molecular complexity index is 588. The average molecular weight is 291 g/mol. The Hall–Kier alpha value is -2.17. The summed E-state index contributed by atoms with van der Waals surface area (Å²) in [6, 6.07) is 10.8. The van der Waals surface area contributed by atoms with Crippen molar-refractivity contribution >= 4 is 11.6 Å². The molecule has 0 spiro atoms. The van der Waals surface area contributed by atoms with Crippen molar-refractivity contribution in [3.63, 3.8) is 0 Å². The lowest BCUT2D eigenvalue weighted by Gasteiger charge is -2.20. The number of nitrogens with one attached hydrogen (secondary N) is 1. The molecule has 0 bridgehead atoms. The van der Waals surface area contributed by atoms with Gasteiger partial charge in [0.15, 0.2) is 23.3 Å². The molecule has 0 saturated heterocycles. The van der Waals surface area contributed by atoms with Crippen molar-refractivity contribution in [2.75, 3.05) is 30.4 Å². The first kappa shape index (κ1) is 15.2. The Labute approximate surface area is 123 Å². The van der Waals surface area contributed by atoms with Crippen LogP contribution in [-0.4, -0.2) is 25.1 Å². The van der Waals surface area contributed by atoms with Crippen molar-refractivity contribution in [3.05, 3.63) is 53.6 Å². The molecule has 0 amide bonds. The third kappa shape index (κ3) is 3.90. The van der Waals surface area contributed by atoms with E-state index in [1.165, 1.54) is 5.56 Å². The Morgan fingerprint density at radius 1 is 1.14 bits per heavy atom. The quantitative estimate of drug-likeness (QED) is 0.883. The van der Waals surface area contributed by atoms with E-state index in [4.69, 9.17) is 0 Å². The summed E-state index contributed by atoms with van der Waals surface area (Å²) in [6.45, 7) is 2.97. The van der Waals surface area contributed by atoms with Crippen molar-refractivity contribution in [1.29, 1.82) is 0 Å². The molecule has 0 fully saturated rings. The molecule has 21 heavy (non-hydrogen) atoms. The highest BCUT2D eigenvalue weighted by molar-refractivity contribution is 5.49. The van der Waals surface area contributed by atoms with Crippen molar-refractivity contribution < 1.29 is 8.78 Å². The summed E-state index contributed by atoms with van der Waals surface area (Å²) in [7, 11) is 1.75. The molecule has 5 heteroatoms. The van der Waals surface area contributed by atoms with Crippen LogP contribution < -0.4 is 10.2 Å². The van der Waals surface area contributed by atoms with Crippen LogP contribution in [0.2, 0.25) is 0 Å². The molecule has 1 aromatic carbocycles. The second-order valence-electron chi connectivity index (χ2n) is 4.81. The van der Waals surface area contributed by atoms with E-state index in [9.17, 15) is 8.78 Å². The van der Waals surface area contributed by atoms with E-state index >= 15 is 0 Å².